The number of aliphatic hydroxyl groups is 1. The van der Waals surface area contributed by atoms with Crippen LogP contribution in [0.15, 0.2) is 54.6 Å². The number of methoxy groups -OCH3 is 3. The van der Waals surface area contributed by atoms with E-state index >= 15 is 0 Å². The molecule has 0 fully saturated rings. The second kappa shape index (κ2) is 10.9. The van der Waals surface area contributed by atoms with Gasteiger partial charge in [0.1, 0.15) is 11.9 Å². The van der Waals surface area contributed by atoms with Gasteiger partial charge in [-0.1, -0.05) is 23.8 Å². The van der Waals surface area contributed by atoms with E-state index in [1.165, 1.54) is 14.0 Å². The standard InChI is InChI=1S/C27H30O7/c1-16-6-9-21(30)20(12-16)27(19-8-10-22(31-3)24(14-19)32-4)26(15-28)34-23-11-7-18(17(2)29)13-25(23)33-5/h6-14,26-28,30H,15H2,1-5H3. The fraction of sp³-hybridized carbons (Fsp3) is 0.296. The molecular formula is C27H30O7. The van der Waals surface area contributed by atoms with Crippen LogP contribution in [0.1, 0.15) is 39.9 Å². The summed E-state index contributed by atoms with van der Waals surface area (Å²) >= 11 is 0. The molecule has 0 radical (unpaired) electrons. The number of hydrogen-bond donors (Lipinski definition) is 2. The Kier molecular flexibility index (Phi) is 8.02. The zero-order valence-corrected chi connectivity index (χ0v) is 20.0. The summed E-state index contributed by atoms with van der Waals surface area (Å²) in [6.45, 7) is 3.04. The van der Waals surface area contributed by atoms with Crippen molar-refractivity contribution in [1.82, 2.24) is 0 Å². The third-order valence-corrected chi connectivity index (χ3v) is 5.69. The van der Waals surface area contributed by atoms with Gasteiger partial charge in [-0.25, -0.2) is 0 Å². The number of ether oxygens (including phenoxy) is 4. The van der Waals surface area contributed by atoms with Crippen molar-refractivity contribution in [2.45, 2.75) is 25.9 Å². The van der Waals surface area contributed by atoms with Crippen LogP contribution in [0.3, 0.4) is 0 Å². The van der Waals surface area contributed by atoms with Crippen LogP contribution in [0.2, 0.25) is 0 Å². The molecule has 7 heteroatoms. The van der Waals surface area contributed by atoms with E-state index < -0.39 is 12.0 Å². The average molecular weight is 467 g/mol. The lowest BCUT2D eigenvalue weighted by Crippen LogP contribution is -2.30. The predicted octanol–water partition coefficient (Wildman–Crippen LogP) is 4.50. The molecule has 0 spiro atoms. The second-order valence-corrected chi connectivity index (χ2v) is 7.92. The Bertz CT molecular complexity index is 1160. The molecule has 0 aliphatic heterocycles. The first-order valence-electron chi connectivity index (χ1n) is 10.8. The van der Waals surface area contributed by atoms with Crippen molar-refractivity contribution in [2.75, 3.05) is 27.9 Å². The van der Waals surface area contributed by atoms with Crippen molar-refractivity contribution in [2.24, 2.45) is 0 Å². The van der Waals surface area contributed by atoms with Gasteiger partial charge < -0.3 is 29.2 Å². The number of carbonyl (C=O) groups excluding carboxylic acids is 1. The lowest BCUT2D eigenvalue weighted by atomic mass is 9.85. The van der Waals surface area contributed by atoms with E-state index in [0.29, 0.717) is 34.1 Å². The highest BCUT2D eigenvalue weighted by Crippen LogP contribution is 2.41. The number of rotatable bonds is 10. The molecule has 0 aliphatic carbocycles. The van der Waals surface area contributed by atoms with Gasteiger partial charge in [-0.3, -0.25) is 4.79 Å². The van der Waals surface area contributed by atoms with Crippen LogP contribution >= 0.6 is 0 Å². The van der Waals surface area contributed by atoms with Crippen LogP contribution in [0, 0.1) is 6.92 Å². The number of aromatic hydroxyl groups is 1. The topological polar surface area (TPSA) is 94.5 Å². The largest absolute Gasteiger partial charge is 0.508 e. The van der Waals surface area contributed by atoms with Crippen LogP contribution in [0.25, 0.3) is 0 Å². The Morgan fingerprint density at radius 2 is 1.50 bits per heavy atom. The first-order chi connectivity index (χ1) is 16.3. The lowest BCUT2D eigenvalue weighted by Gasteiger charge is -2.29. The molecular weight excluding hydrogens is 436 g/mol. The van der Waals surface area contributed by atoms with Crippen molar-refractivity contribution in [3.63, 3.8) is 0 Å². The Balaban J connectivity index is 2.13. The van der Waals surface area contributed by atoms with Crippen molar-refractivity contribution in [3.05, 3.63) is 76.9 Å². The zero-order chi connectivity index (χ0) is 24.8. The number of phenols is 1. The number of carbonyl (C=O) groups is 1. The van der Waals surface area contributed by atoms with E-state index in [2.05, 4.69) is 0 Å². The molecule has 0 bridgehead atoms. The third-order valence-electron chi connectivity index (χ3n) is 5.69. The molecule has 0 aromatic heterocycles. The van der Waals surface area contributed by atoms with E-state index in [0.717, 1.165) is 11.1 Å². The molecule has 3 rings (SSSR count). The number of ketones is 1. The SMILES string of the molecule is COc1ccc(C(c2cc(C)ccc2O)C(CO)Oc2ccc(C(C)=O)cc2OC)cc1OC. The summed E-state index contributed by atoms with van der Waals surface area (Å²) in [6.07, 6.45) is -0.803. The van der Waals surface area contributed by atoms with Crippen molar-refractivity contribution >= 4 is 5.78 Å². The van der Waals surface area contributed by atoms with Gasteiger partial charge in [-0.15, -0.1) is 0 Å². The smallest absolute Gasteiger partial charge is 0.161 e. The predicted molar refractivity (Wildman–Crippen MR) is 129 cm³/mol. The minimum absolute atomic E-state index is 0.0753. The normalized spacial score (nSPS) is 12.5. The minimum Gasteiger partial charge on any atom is -0.508 e. The van der Waals surface area contributed by atoms with Gasteiger partial charge in [0.2, 0.25) is 0 Å². The minimum atomic E-state index is -0.803. The molecule has 0 amide bonds. The molecule has 0 saturated heterocycles. The summed E-state index contributed by atoms with van der Waals surface area (Å²) in [7, 11) is 4.58. The molecule has 2 atom stereocenters. The average Bonchev–Trinajstić information content (AvgIpc) is 2.85. The highest BCUT2D eigenvalue weighted by molar-refractivity contribution is 5.94. The number of aliphatic hydroxyl groups excluding tert-OH is 1. The maximum Gasteiger partial charge on any atom is 0.161 e. The number of hydrogen-bond acceptors (Lipinski definition) is 7. The summed E-state index contributed by atoms with van der Waals surface area (Å²) in [4.78, 5) is 11.8. The van der Waals surface area contributed by atoms with E-state index in [9.17, 15) is 15.0 Å². The maximum absolute atomic E-state index is 11.8. The van der Waals surface area contributed by atoms with Crippen LogP contribution < -0.4 is 18.9 Å². The van der Waals surface area contributed by atoms with Crippen LogP contribution in [-0.4, -0.2) is 50.0 Å². The monoisotopic (exact) mass is 466 g/mol. The van der Waals surface area contributed by atoms with E-state index in [-0.39, 0.29) is 18.1 Å². The molecule has 3 aromatic carbocycles. The van der Waals surface area contributed by atoms with Gasteiger partial charge >= 0.3 is 0 Å². The molecule has 180 valence electrons. The number of benzene rings is 3. The summed E-state index contributed by atoms with van der Waals surface area (Å²) in [5, 5.41) is 21.2. The van der Waals surface area contributed by atoms with Crippen LogP contribution in [-0.2, 0) is 0 Å². The quantitative estimate of drug-likeness (QED) is 0.425. The second-order valence-electron chi connectivity index (χ2n) is 7.92. The fourth-order valence-electron chi connectivity index (χ4n) is 3.92. The lowest BCUT2D eigenvalue weighted by molar-refractivity contribution is 0.0983. The van der Waals surface area contributed by atoms with E-state index in [4.69, 9.17) is 18.9 Å². The first-order valence-corrected chi connectivity index (χ1v) is 10.8. The molecule has 0 heterocycles. The number of Topliss-reactive ketones (excluding diaryl/α,β-unsaturated/α-hetero) is 1. The Morgan fingerprint density at radius 3 is 2.12 bits per heavy atom. The summed E-state index contributed by atoms with van der Waals surface area (Å²) in [5.74, 6) is 1.21. The Hall–Kier alpha value is -3.71. The van der Waals surface area contributed by atoms with Crippen LogP contribution in [0.4, 0.5) is 0 Å². The summed E-state index contributed by atoms with van der Waals surface area (Å²) < 4.78 is 22.5. The van der Waals surface area contributed by atoms with Gasteiger partial charge in [-0.05, 0) is 55.8 Å². The molecule has 7 nitrogen and oxygen atoms in total. The third kappa shape index (κ3) is 5.26. The molecule has 2 unspecified atom stereocenters. The first kappa shape index (κ1) is 24.9. The fourth-order valence-corrected chi connectivity index (χ4v) is 3.92. The van der Waals surface area contributed by atoms with E-state index in [1.807, 2.05) is 25.1 Å². The maximum atomic E-state index is 11.8. The van der Waals surface area contributed by atoms with Crippen molar-refractivity contribution in [3.8, 4) is 28.7 Å². The molecule has 0 aliphatic rings. The Morgan fingerprint density at radius 1 is 0.853 bits per heavy atom. The van der Waals surface area contributed by atoms with Gasteiger partial charge in [0.05, 0.1) is 33.9 Å². The number of aryl methyl sites for hydroxylation is 1. The van der Waals surface area contributed by atoms with Gasteiger partial charge in [0, 0.05) is 11.1 Å². The van der Waals surface area contributed by atoms with Gasteiger partial charge in [0.15, 0.2) is 28.8 Å². The van der Waals surface area contributed by atoms with Crippen molar-refractivity contribution < 1.29 is 34.0 Å². The molecule has 2 N–H and O–H groups in total. The van der Waals surface area contributed by atoms with Crippen molar-refractivity contribution in [1.29, 1.82) is 0 Å². The molecule has 0 saturated carbocycles. The summed E-state index contributed by atoms with van der Waals surface area (Å²) in [5.41, 5.74) is 2.76. The highest BCUT2D eigenvalue weighted by Gasteiger charge is 2.30. The Labute approximate surface area is 199 Å². The number of phenolic OH excluding ortho intramolecular Hbond substituents is 1. The van der Waals surface area contributed by atoms with Crippen LogP contribution in [0.5, 0.6) is 28.7 Å². The molecule has 34 heavy (non-hydrogen) atoms. The van der Waals surface area contributed by atoms with E-state index in [1.54, 1.807) is 50.6 Å². The van der Waals surface area contributed by atoms with Gasteiger partial charge in [-0.2, -0.15) is 0 Å². The zero-order valence-electron chi connectivity index (χ0n) is 20.0. The highest BCUT2D eigenvalue weighted by atomic mass is 16.5. The summed E-state index contributed by atoms with van der Waals surface area (Å²) in [6, 6.07) is 15.6. The van der Waals surface area contributed by atoms with Gasteiger partial charge in [0.25, 0.3) is 0 Å². The molecule has 3 aromatic rings.